The van der Waals surface area contributed by atoms with Crippen molar-refractivity contribution in [2.45, 2.75) is 5.54 Å². The molecular formula is C5H11NSi. The van der Waals surface area contributed by atoms with Crippen molar-refractivity contribution in [1.82, 2.24) is 0 Å². The molecule has 2 heteroatoms. The van der Waals surface area contributed by atoms with E-state index in [1.54, 1.807) is 0 Å². The Labute approximate surface area is 46.8 Å². The third-order valence-electron chi connectivity index (χ3n) is 0.878. The maximum atomic E-state index is 5.39. The Balaban J connectivity index is 3.36. The number of hydrogen-bond acceptors (Lipinski definition) is 1. The van der Waals surface area contributed by atoms with Crippen molar-refractivity contribution >= 4 is 9.68 Å². The number of hydrogen-bond donors (Lipinski definition) is 1. The van der Waals surface area contributed by atoms with Gasteiger partial charge in [-0.3, -0.25) is 0 Å². The second-order valence-corrected chi connectivity index (χ2v) is 2.79. The van der Waals surface area contributed by atoms with Crippen LogP contribution < -0.4 is 5.40 Å². The summed E-state index contributed by atoms with van der Waals surface area (Å²) in [6, 6.07) is 0. The summed E-state index contributed by atoms with van der Waals surface area (Å²) < 4.78 is 0. The molecule has 0 amide bonds. The van der Waals surface area contributed by atoms with Crippen molar-refractivity contribution < 1.29 is 0 Å². The average Bonchev–Trinajstić information content (AvgIpc) is 1.72. The van der Waals surface area contributed by atoms with E-state index in [1.165, 1.54) is 0 Å². The van der Waals surface area contributed by atoms with Gasteiger partial charge in [-0.25, -0.2) is 0 Å². The van der Waals surface area contributed by atoms with Crippen LogP contribution in [-0.4, -0.2) is 9.68 Å². The molecule has 0 atom stereocenters. The predicted octanol–water partition coefficient (Wildman–Crippen LogP) is 0.189. The predicted molar refractivity (Wildman–Crippen MR) is 36.9 cm³/mol. The molecule has 0 aliphatic carbocycles. The maximum absolute atomic E-state index is 5.39. The number of allylic oxidation sites excluding steroid dienone is 2. The fourth-order valence-electron chi connectivity index (χ4n) is 0.289. The average molecular weight is 113 g/mol. The molecule has 40 valence electrons. The lowest BCUT2D eigenvalue weighted by Gasteiger charge is -1.95. The third kappa shape index (κ3) is 2.36. The summed E-state index contributed by atoms with van der Waals surface area (Å²) in [6.07, 6.45) is 3.69. The molecule has 0 rings (SSSR count). The van der Waals surface area contributed by atoms with E-state index in [2.05, 4.69) is 13.2 Å². The summed E-state index contributed by atoms with van der Waals surface area (Å²) >= 11 is 0. The van der Waals surface area contributed by atoms with Crippen LogP contribution in [-0.2, 0) is 0 Å². The van der Waals surface area contributed by atoms with E-state index < -0.39 is 9.68 Å². The highest BCUT2D eigenvalue weighted by Crippen LogP contribution is 1.99. The van der Waals surface area contributed by atoms with E-state index in [0.29, 0.717) is 5.54 Å². The van der Waals surface area contributed by atoms with Gasteiger partial charge in [0.1, 0.15) is 0 Å². The van der Waals surface area contributed by atoms with Crippen molar-refractivity contribution in [3.63, 3.8) is 0 Å². The molecule has 0 spiro atoms. The van der Waals surface area contributed by atoms with Crippen LogP contribution in [0, 0.1) is 0 Å². The number of nitrogens with two attached hydrogens (primary N) is 1. The number of rotatable bonds is 3. The molecular weight excluding hydrogens is 102 g/mol. The molecule has 0 bridgehead atoms. The minimum atomic E-state index is -0.408. The molecule has 1 nitrogen and oxygen atoms in total. The zero-order chi connectivity index (χ0) is 5.70. The summed E-state index contributed by atoms with van der Waals surface area (Å²) in [5.41, 5.74) is 0.431. The first-order chi connectivity index (χ1) is 3.35. The zero-order valence-corrected chi connectivity index (χ0v) is 5.84. The highest BCUT2D eigenvalue weighted by molar-refractivity contribution is 6.34. The Kier molecular flexibility index (Phi) is 3.65. The molecule has 0 fully saturated rings. The van der Waals surface area contributed by atoms with Gasteiger partial charge in [-0.2, -0.15) is 0 Å². The van der Waals surface area contributed by atoms with Crippen molar-refractivity contribution in [3.05, 3.63) is 25.3 Å². The summed E-state index contributed by atoms with van der Waals surface area (Å²) in [7, 11) is -0.408. The Bertz CT molecular complexity index is 62.5. The topological polar surface area (TPSA) is 26.0 Å². The van der Waals surface area contributed by atoms with Crippen molar-refractivity contribution in [1.29, 1.82) is 0 Å². The molecule has 0 heterocycles. The molecule has 7 heavy (non-hydrogen) atoms. The van der Waals surface area contributed by atoms with E-state index in [4.69, 9.17) is 5.40 Å². The molecule has 0 aromatic carbocycles. The van der Waals surface area contributed by atoms with Gasteiger partial charge in [0.05, 0.1) is 9.68 Å². The van der Waals surface area contributed by atoms with Crippen LogP contribution >= 0.6 is 0 Å². The van der Waals surface area contributed by atoms with Crippen LogP contribution in [0.3, 0.4) is 0 Å². The van der Waals surface area contributed by atoms with Gasteiger partial charge < -0.3 is 5.40 Å². The third-order valence-corrected chi connectivity index (χ3v) is 2.09. The molecule has 0 unspecified atom stereocenters. The smallest absolute Gasteiger partial charge is 0.0995 e. The van der Waals surface area contributed by atoms with Crippen LogP contribution in [0.2, 0.25) is 5.54 Å². The van der Waals surface area contributed by atoms with Gasteiger partial charge >= 0.3 is 0 Å². The van der Waals surface area contributed by atoms with Crippen molar-refractivity contribution in [3.8, 4) is 0 Å². The van der Waals surface area contributed by atoms with Crippen molar-refractivity contribution in [2.75, 3.05) is 0 Å². The van der Waals surface area contributed by atoms with Gasteiger partial charge in [0.2, 0.25) is 0 Å². The van der Waals surface area contributed by atoms with Gasteiger partial charge in [-0.1, -0.05) is 12.2 Å². The molecule has 0 aliphatic heterocycles. The van der Waals surface area contributed by atoms with Crippen LogP contribution in [0.15, 0.2) is 25.3 Å². The van der Waals surface area contributed by atoms with Crippen LogP contribution in [0.5, 0.6) is 0 Å². The molecule has 0 aromatic rings. The Morgan fingerprint density at radius 2 is 1.86 bits per heavy atom. The lowest BCUT2D eigenvalue weighted by molar-refractivity contribution is 1.35. The highest BCUT2D eigenvalue weighted by atomic mass is 28.2. The van der Waals surface area contributed by atoms with E-state index in [-0.39, 0.29) is 0 Å². The maximum Gasteiger partial charge on any atom is 0.0995 e. The first-order valence-electron chi connectivity index (χ1n) is 2.30. The quantitative estimate of drug-likeness (QED) is 0.410. The second kappa shape index (κ2) is 3.83. The molecule has 0 aliphatic rings. The van der Waals surface area contributed by atoms with Gasteiger partial charge in [0.25, 0.3) is 0 Å². The Hall–Kier alpha value is -0.343. The van der Waals surface area contributed by atoms with Gasteiger partial charge in [0, 0.05) is 0 Å². The molecule has 0 saturated heterocycles. The SMILES string of the molecule is C=CC(C=C)[SiH2]N. The fraction of sp³-hybridized carbons (Fsp3) is 0.200. The highest BCUT2D eigenvalue weighted by Gasteiger charge is 1.90. The Morgan fingerprint density at radius 1 is 1.43 bits per heavy atom. The van der Waals surface area contributed by atoms with Gasteiger partial charge in [-0.05, 0) is 5.54 Å². The molecule has 2 N–H and O–H groups in total. The minimum Gasteiger partial charge on any atom is -0.355 e. The lowest BCUT2D eigenvalue weighted by atomic mass is 10.4. The normalized spacial score (nSPS) is 10.6. The minimum absolute atomic E-state index is 0.408. The van der Waals surface area contributed by atoms with E-state index >= 15 is 0 Å². The van der Waals surface area contributed by atoms with Crippen LogP contribution in [0.25, 0.3) is 0 Å². The zero-order valence-electron chi connectivity index (χ0n) is 4.43. The first-order valence-corrected chi connectivity index (χ1v) is 3.93. The van der Waals surface area contributed by atoms with E-state index in [0.717, 1.165) is 0 Å². The van der Waals surface area contributed by atoms with Crippen molar-refractivity contribution in [2.24, 2.45) is 5.40 Å². The summed E-state index contributed by atoms with van der Waals surface area (Å²) in [5, 5.41) is 5.39. The van der Waals surface area contributed by atoms with Crippen LogP contribution in [0.1, 0.15) is 0 Å². The first kappa shape index (κ1) is 6.66. The largest absolute Gasteiger partial charge is 0.355 e. The second-order valence-electron chi connectivity index (χ2n) is 1.37. The molecule has 0 radical (unpaired) electrons. The standard InChI is InChI=1S/C5H11NSi/c1-3-5(4-2)7-6/h3-5H,1-2,6-7H2. The van der Waals surface area contributed by atoms with Gasteiger partial charge in [-0.15, -0.1) is 13.2 Å². The fourth-order valence-corrected chi connectivity index (χ4v) is 0.674. The summed E-state index contributed by atoms with van der Waals surface area (Å²) in [5.74, 6) is 0. The summed E-state index contributed by atoms with van der Waals surface area (Å²) in [6.45, 7) is 7.17. The van der Waals surface area contributed by atoms with Crippen LogP contribution in [0.4, 0.5) is 0 Å². The Morgan fingerprint density at radius 3 is 1.86 bits per heavy atom. The van der Waals surface area contributed by atoms with E-state index in [1.807, 2.05) is 12.2 Å². The monoisotopic (exact) mass is 113 g/mol. The molecule has 0 saturated carbocycles. The lowest BCUT2D eigenvalue weighted by Crippen LogP contribution is -2.08. The molecule has 0 aromatic heterocycles. The van der Waals surface area contributed by atoms with Gasteiger partial charge in [0.15, 0.2) is 0 Å². The summed E-state index contributed by atoms with van der Waals surface area (Å²) in [4.78, 5) is 0. The van der Waals surface area contributed by atoms with E-state index in [9.17, 15) is 0 Å².